The summed E-state index contributed by atoms with van der Waals surface area (Å²) in [6.07, 6.45) is 4.96. The summed E-state index contributed by atoms with van der Waals surface area (Å²) in [6.45, 7) is 5.49. The van der Waals surface area contributed by atoms with Gasteiger partial charge in [0.1, 0.15) is 12.4 Å². The summed E-state index contributed by atoms with van der Waals surface area (Å²) in [5, 5.41) is 0. The molecule has 0 saturated carbocycles. The third-order valence-corrected chi connectivity index (χ3v) is 4.70. The van der Waals surface area contributed by atoms with Gasteiger partial charge in [0.05, 0.1) is 0 Å². The number of benzene rings is 2. The molecule has 1 saturated heterocycles. The largest absolute Gasteiger partial charge is 1.00 e. The van der Waals surface area contributed by atoms with Crippen LogP contribution in [0.2, 0.25) is 0 Å². The van der Waals surface area contributed by atoms with Gasteiger partial charge in [0.15, 0.2) is 0 Å². The van der Waals surface area contributed by atoms with Gasteiger partial charge in [0.25, 0.3) is 0 Å². The fourth-order valence-corrected chi connectivity index (χ4v) is 3.28. The number of ether oxygens (including phenoxy) is 1. The summed E-state index contributed by atoms with van der Waals surface area (Å²) in [5.41, 5.74) is 2.59. The molecule has 1 aliphatic heterocycles. The molecule has 0 amide bonds. The predicted molar refractivity (Wildman–Crippen MR) is 97.2 cm³/mol. The number of para-hydroxylation sites is 1. The molecule has 0 aromatic heterocycles. The van der Waals surface area contributed by atoms with E-state index in [9.17, 15) is 0 Å². The maximum absolute atomic E-state index is 6.18. The second kappa shape index (κ2) is 10.7. The van der Waals surface area contributed by atoms with Crippen molar-refractivity contribution >= 4 is 0 Å². The number of hydrogen-bond acceptors (Lipinski definition) is 2. The molecule has 2 aromatic rings. The van der Waals surface area contributed by atoms with Gasteiger partial charge >= 0.3 is 51.4 Å². The Morgan fingerprint density at radius 3 is 2.38 bits per heavy atom. The number of likely N-dealkylation sites (tertiary alicyclic amines) is 1. The van der Waals surface area contributed by atoms with Gasteiger partial charge in [-0.05, 0) is 50.0 Å². The fraction of sp³-hybridized carbons (Fsp3) is 0.429. The van der Waals surface area contributed by atoms with E-state index in [4.69, 9.17) is 4.74 Å². The maximum atomic E-state index is 6.18. The fourth-order valence-electron chi connectivity index (χ4n) is 3.28. The summed E-state index contributed by atoms with van der Waals surface area (Å²) in [6, 6.07) is 19.5. The number of rotatable bonds is 6. The molecule has 1 atom stereocenters. The van der Waals surface area contributed by atoms with Crippen LogP contribution in [0.4, 0.5) is 0 Å². The Bertz CT molecular complexity index is 602. The molecule has 2 aromatic carbocycles. The standard InChI is InChI=1S/C21H27NO.K.H/c1-18(22-14-8-3-9-15-22)17-23-21-13-7-6-12-20(21)16-19-10-4-2-5-11-19;;/h2,4-7,10-13,18H,3,8-9,14-17H2,1H3;;/q;+1;-1. The van der Waals surface area contributed by atoms with Gasteiger partial charge in [-0.25, -0.2) is 0 Å². The molecule has 1 heterocycles. The monoisotopic (exact) mass is 349 g/mol. The summed E-state index contributed by atoms with van der Waals surface area (Å²) < 4.78 is 6.18. The van der Waals surface area contributed by atoms with Gasteiger partial charge in [-0.1, -0.05) is 55.0 Å². The molecule has 0 N–H and O–H groups in total. The smallest absolute Gasteiger partial charge is 1.00 e. The van der Waals surface area contributed by atoms with E-state index in [1.165, 1.54) is 43.5 Å². The number of piperidine rings is 1. The SMILES string of the molecule is CC(COc1ccccc1Cc1ccccc1)N1CCCCC1.[H-].[K+]. The van der Waals surface area contributed by atoms with Crippen molar-refractivity contribution in [2.24, 2.45) is 0 Å². The molecule has 2 nitrogen and oxygen atoms in total. The molecule has 0 bridgehead atoms. The molecule has 1 fully saturated rings. The third-order valence-electron chi connectivity index (χ3n) is 4.70. The van der Waals surface area contributed by atoms with Crippen LogP contribution < -0.4 is 56.1 Å². The topological polar surface area (TPSA) is 12.5 Å². The van der Waals surface area contributed by atoms with Gasteiger partial charge in [-0.3, -0.25) is 4.90 Å². The number of nitrogens with zero attached hydrogens (tertiary/aromatic N) is 1. The van der Waals surface area contributed by atoms with Crippen molar-refractivity contribution in [1.82, 2.24) is 4.90 Å². The molecule has 24 heavy (non-hydrogen) atoms. The molecule has 0 radical (unpaired) electrons. The van der Waals surface area contributed by atoms with E-state index in [0.29, 0.717) is 6.04 Å². The molecular formula is C21H28KNO. The van der Waals surface area contributed by atoms with Gasteiger partial charge in [0, 0.05) is 12.5 Å². The summed E-state index contributed by atoms with van der Waals surface area (Å²) >= 11 is 0. The first-order valence-electron chi connectivity index (χ1n) is 8.81. The average Bonchev–Trinajstić information content (AvgIpc) is 2.62. The minimum absolute atomic E-state index is 0. The zero-order valence-corrected chi connectivity index (χ0v) is 18.2. The van der Waals surface area contributed by atoms with Crippen molar-refractivity contribution in [3.63, 3.8) is 0 Å². The van der Waals surface area contributed by atoms with E-state index in [1.54, 1.807) is 0 Å². The van der Waals surface area contributed by atoms with E-state index in [0.717, 1.165) is 18.8 Å². The van der Waals surface area contributed by atoms with Crippen LogP contribution in [0.15, 0.2) is 54.6 Å². The van der Waals surface area contributed by atoms with E-state index in [2.05, 4.69) is 66.4 Å². The van der Waals surface area contributed by atoms with E-state index in [1.807, 2.05) is 0 Å². The van der Waals surface area contributed by atoms with Crippen LogP contribution in [-0.2, 0) is 6.42 Å². The summed E-state index contributed by atoms with van der Waals surface area (Å²) in [7, 11) is 0. The zero-order chi connectivity index (χ0) is 15.9. The minimum atomic E-state index is 0. The molecule has 0 spiro atoms. The maximum Gasteiger partial charge on any atom is 1.00 e. The van der Waals surface area contributed by atoms with Gasteiger partial charge < -0.3 is 6.16 Å². The van der Waals surface area contributed by atoms with Gasteiger partial charge in [0.2, 0.25) is 0 Å². The Kier molecular flexibility index (Phi) is 9.02. The van der Waals surface area contributed by atoms with Crippen molar-refractivity contribution in [2.75, 3.05) is 19.7 Å². The van der Waals surface area contributed by atoms with Gasteiger partial charge in [-0.15, -0.1) is 0 Å². The molecule has 1 aliphatic rings. The summed E-state index contributed by atoms with van der Waals surface area (Å²) in [4.78, 5) is 2.56. The normalized spacial score (nSPS) is 16.2. The first-order chi connectivity index (χ1) is 11.3. The van der Waals surface area contributed by atoms with Crippen LogP contribution in [0.3, 0.4) is 0 Å². The van der Waals surface area contributed by atoms with E-state index in [-0.39, 0.29) is 52.8 Å². The Balaban J connectivity index is 0.00000156. The molecule has 3 heteroatoms. The predicted octanol–water partition coefficient (Wildman–Crippen LogP) is 1.65. The first kappa shape index (κ1) is 20.2. The van der Waals surface area contributed by atoms with Crippen molar-refractivity contribution in [3.05, 3.63) is 65.7 Å². The van der Waals surface area contributed by atoms with Crippen LogP contribution in [0.1, 0.15) is 38.7 Å². The van der Waals surface area contributed by atoms with Crippen LogP contribution in [0.5, 0.6) is 5.75 Å². The average molecular weight is 350 g/mol. The van der Waals surface area contributed by atoms with Gasteiger partial charge in [-0.2, -0.15) is 0 Å². The first-order valence-corrected chi connectivity index (χ1v) is 8.81. The second-order valence-corrected chi connectivity index (χ2v) is 6.53. The number of hydrogen-bond donors (Lipinski definition) is 0. The molecule has 0 aliphatic carbocycles. The molecule has 3 rings (SSSR count). The van der Waals surface area contributed by atoms with Crippen molar-refractivity contribution in [1.29, 1.82) is 0 Å². The quantitative estimate of drug-likeness (QED) is 0.735. The Labute approximate surface area is 190 Å². The Morgan fingerprint density at radius 1 is 0.958 bits per heavy atom. The van der Waals surface area contributed by atoms with Crippen molar-refractivity contribution in [2.45, 2.75) is 38.6 Å². The van der Waals surface area contributed by atoms with E-state index >= 15 is 0 Å². The zero-order valence-electron chi connectivity index (χ0n) is 16.1. The Morgan fingerprint density at radius 2 is 1.62 bits per heavy atom. The molecule has 1 unspecified atom stereocenters. The van der Waals surface area contributed by atoms with E-state index < -0.39 is 0 Å². The third kappa shape index (κ3) is 5.97. The summed E-state index contributed by atoms with van der Waals surface area (Å²) in [5.74, 6) is 1.03. The molecular weight excluding hydrogens is 321 g/mol. The van der Waals surface area contributed by atoms with Crippen molar-refractivity contribution in [3.8, 4) is 5.75 Å². The second-order valence-electron chi connectivity index (χ2n) is 6.53. The molecule has 124 valence electrons. The van der Waals surface area contributed by atoms with Crippen LogP contribution in [0.25, 0.3) is 0 Å². The van der Waals surface area contributed by atoms with Crippen LogP contribution in [-0.4, -0.2) is 30.6 Å². The van der Waals surface area contributed by atoms with Crippen molar-refractivity contribution < 1.29 is 57.5 Å². The van der Waals surface area contributed by atoms with Crippen LogP contribution in [0, 0.1) is 0 Å². The van der Waals surface area contributed by atoms with Crippen LogP contribution >= 0.6 is 0 Å². The minimum Gasteiger partial charge on any atom is -1.00 e. The Hall–Kier alpha value is -0.164.